The average molecular weight is 475 g/mol. The molecular formula is C27H27FN4O3. The number of rotatable bonds is 7. The Bertz CT molecular complexity index is 1310. The van der Waals surface area contributed by atoms with Crippen molar-refractivity contribution in [2.75, 3.05) is 39.5 Å². The van der Waals surface area contributed by atoms with E-state index < -0.39 is 0 Å². The highest BCUT2D eigenvalue weighted by atomic mass is 19.2. The van der Waals surface area contributed by atoms with Gasteiger partial charge in [-0.2, -0.15) is 10.1 Å². The molecule has 0 aliphatic carbocycles. The van der Waals surface area contributed by atoms with Crippen LogP contribution in [0.25, 0.3) is 22.2 Å². The quantitative estimate of drug-likeness (QED) is 0.472. The minimum atomic E-state index is -0.0249. The summed E-state index contributed by atoms with van der Waals surface area (Å²) >= 11 is 0. The molecule has 5 rings (SSSR count). The van der Waals surface area contributed by atoms with Crippen molar-refractivity contribution in [2.24, 2.45) is 0 Å². The molecule has 0 spiro atoms. The van der Waals surface area contributed by atoms with Gasteiger partial charge in [-0.1, -0.05) is 22.7 Å². The smallest absolute Gasteiger partial charge is 0.170 e. The van der Waals surface area contributed by atoms with Crippen LogP contribution in [-0.4, -0.2) is 60.3 Å². The molecule has 8 heteroatoms. The molecule has 2 aliphatic heterocycles. The fourth-order valence-electron chi connectivity index (χ4n) is 4.37. The van der Waals surface area contributed by atoms with Gasteiger partial charge in [-0.25, -0.2) is 4.98 Å². The summed E-state index contributed by atoms with van der Waals surface area (Å²) in [5.74, 6) is 0.531. The molecule has 0 amide bonds. The second-order valence-corrected chi connectivity index (χ2v) is 8.53. The zero-order chi connectivity index (χ0) is 24.2. The van der Waals surface area contributed by atoms with E-state index >= 15 is 4.48 Å². The van der Waals surface area contributed by atoms with Crippen molar-refractivity contribution in [3.8, 4) is 22.9 Å². The lowest BCUT2D eigenvalue weighted by Crippen LogP contribution is -2.38. The normalized spacial score (nSPS) is 17.1. The fraction of sp³-hybridized carbons (Fsp3) is 0.333. The van der Waals surface area contributed by atoms with Crippen LogP contribution >= 0.6 is 0 Å². The second-order valence-electron chi connectivity index (χ2n) is 8.53. The maximum atomic E-state index is 15.2. The number of nitrogens with zero attached hydrogens (tertiary/aromatic N) is 4. The third-order valence-electron chi connectivity index (χ3n) is 6.32. The lowest BCUT2D eigenvalue weighted by Gasteiger charge is -2.29. The SMILES string of the molecule is C/C=C(\C=C/Cc1cc2c(-c3ccc(OC4COC4)c(C#N)c3)ccnc2n1F)N1CCOCC1. The van der Waals surface area contributed by atoms with Gasteiger partial charge in [0.15, 0.2) is 5.65 Å². The molecule has 4 heterocycles. The lowest BCUT2D eigenvalue weighted by molar-refractivity contribution is -0.0797. The first-order chi connectivity index (χ1) is 17.2. The molecule has 1 aromatic carbocycles. The molecule has 180 valence electrons. The predicted octanol–water partition coefficient (Wildman–Crippen LogP) is 4.42. The molecule has 2 saturated heterocycles. The Balaban J connectivity index is 1.40. The fourth-order valence-corrected chi connectivity index (χ4v) is 4.37. The highest BCUT2D eigenvalue weighted by molar-refractivity contribution is 5.94. The largest absolute Gasteiger partial charge is 0.484 e. The third kappa shape index (κ3) is 4.78. The van der Waals surface area contributed by atoms with Gasteiger partial charge in [-0.3, -0.25) is 0 Å². The van der Waals surface area contributed by atoms with Crippen LogP contribution in [0.15, 0.2) is 60.5 Å². The van der Waals surface area contributed by atoms with Crippen LogP contribution in [0, 0.1) is 11.3 Å². The van der Waals surface area contributed by atoms with E-state index in [2.05, 4.69) is 22.0 Å². The van der Waals surface area contributed by atoms with Gasteiger partial charge in [-0.15, -0.1) is 0 Å². The minimum Gasteiger partial charge on any atom is -0.484 e. The summed E-state index contributed by atoms with van der Waals surface area (Å²) in [6.45, 7) is 6.19. The van der Waals surface area contributed by atoms with Gasteiger partial charge in [0, 0.05) is 36.8 Å². The number of hydrogen-bond donors (Lipinski definition) is 0. The van der Waals surface area contributed by atoms with E-state index in [-0.39, 0.29) is 11.8 Å². The Morgan fingerprint density at radius 1 is 1.23 bits per heavy atom. The van der Waals surface area contributed by atoms with Crippen LogP contribution in [0.2, 0.25) is 0 Å². The van der Waals surface area contributed by atoms with Crippen molar-refractivity contribution in [1.82, 2.24) is 14.7 Å². The van der Waals surface area contributed by atoms with Crippen molar-refractivity contribution >= 4 is 11.0 Å². The van der Waals surface area contributed by atoms with Gasteiger partial charge in [0.1, 0.15) is 17.9 Å². The second kappa shape index (κ2) is 10.3. The Morgan fingerprint density at radius 3 is 2.77 bits per heavy atom. The molecule has 0 atom stereocenters. The van der Waals surface area contributed by atoms with Gasteiger partial charge < -0.3 is 19.1 Å². The summed E-state index contributed by atoms with van der Waals surface area (Å²) in [5, 5.41) is 10.3. The van der Waals surface area contributed by atoms with Crippen LogP contribution in [0.4, 0.5) is 4.48 Å². The molecule has 0 radical (unpaired) electrons. The van der Waals surface area contributed by atoms with E-state index in [1.807, 2.05) is 37.3 Å². The number of hydrogen-bond acceptors (Lipinski definition) is 6. The lowest BCUT2D eigenvalue weighted by atomic mass is 10.0. The summed E-state index contributed by atoms with van der Waals surface area (Å²) in [7, 11) is 0. The van der Waals surface area contributed by atoms with Crippen LogP contribution in [0.1, 0.15) is 18.2 Å². The van der Waals surface area contributed by atoms with Gasteiger partial charge in [0.25, 0.3) is 0 Å². The number of fused-ring (bicyclic) bond motifs is 1. The number of allylic oxidation sites excluding steroid dienone is 3. The summed E-state index contributed by atoms with van der Waals surface area (Å²) in [4.78, 5) is 7.18. The molecule has 3 aromatic rings. The molecule has 0 saturated carbocycles. The monoisotopic (exact) mass is 474 g/mol. The van der Waals surface area contributed by atoms with E-state index in [0.717, 1.165) is 29.9 Å². The zero-order valence-electron chi connectivity index (χ0n) is 19.6. The number of benzene rings is 1. The van der Waals surface area contributed by atoms with E-state index in [0.29, 0.717) is 60.0 Å². The van der Waals surface area contributed by atoms with E-state index in [4.69, 9.17) is 14.2 Å². The van der Waals surface area contributed by atoms with E-state index in [9.17, 15) is 5.26 Å². The van der Waals surface area contributed by atoms with E-state index in [1.165, 1.54) is 0 Å². The van der Waals surface area contributed by atoms with Gasteiger partial charge in [-0.05, 0) is 48.4 Å². The van der Waals surface area contributed by atoms with Crippen LogP contribution < -0.4 is 4.74 Å². The third-order valence-corrected chi connectivity index (χ3v) is 6.32. The van der Waals surface area contributed by atoms with Crippen molar-refractivity contribution in [3.63, 3.8) is 0 Å². The first kappa shape index (κ1) is 23.1. The number of morpholine rings is 1. The van der Waals surface area contributed by atoms with Gasteiger partial charge >= 0.3 is 0 Å². The number of nitriles is 1. The first-order valence-electron chi connectivity index (χ1n) is 11.8. The number of pyridine rings is 1. The molecule has 35 heavy (non-hydrogen) atoms. The van der Waals surface area contributed by atoms with Crippen LogP contribution in [0.3, 0.4) is 0 Å². The highest BCUT2D eigenvalue weighted by Crippen LogP contribution is 2.33. The first-order valence-corrected chi connectivity index (χ1v) is 11.8. The average Bonchev–Trinajstić information content (AvgIpc) is 3.20. The van der Waals surface area contributed by atoms with Crippen LogP contribution in [0.5, 0.6) is 5.75 Å². The maximum absolute atomic E-state index is 15.2. The molecule has 0 bridgehead atoms. The Kier molecular flexibility index (Phi) is 6.80. The standard InChI is InChI=1S/C27H27FN4O3/c1-2-21(31-10-12-33-13-11-31)4-3-5-22-15-25-24(8-9-30-27(25)32(22)28)19-6-7-26(20(14-19)16-29)35-23-17-34-18-23/h2-4,6-9,14-15,23H,5,10-13,17-18H2,1H3/b4-3-,21-2+. The zero-order valence-corrected chi connectivity index (χ0v) is 19.6. The summed E-state index contributed by atoms with van der Waals surface area (Å²) in [6, 6.07) is 11.3. The molecule has 7 nitrogen and oxygen atoms in total. The minimum absolute atomic E-state index is 0.0249. The van der Waals surface area contributed by atoms with Crippen molar-refractivity contribution in [3.05, 3.63) is 71.7 Å². The van der Waals surface area contributed by atoms with Crippen molar-refractivity contribution in [1.29, 1.82) is 5.26 Å². The number of halogens is 1. The molecule has 2 aromatic heterocycles. The molecule has 2 fully saturated rings. The molecule has 0 unspecified atom stereocenters. The topological polar surface area (TPSA) is 72.5 Å². The highest BCUT2D eigenvalue weighted by Gasteiger charge is 2.22. The van der Waals surface area contributed by atoms with E-state index in [1.54, 1.807) is 18.3 Å². The van der Waals surface area contributed by atoms with Gasteiger partial charge in [0.05, 0.1) is 37.7 Å². The van der Waals surface area contributed by atoms with Crippen LogP contribution in [-0.2, 0) is 15.9 Å². The predicted molar refractivity (Wildman–Crippen MR) is 131 cm³/mol. The summed E-state index contributed by atoms with van der Waals surface area (Å²) < 4.78 is 31.6. The summed E-state index contributed by atoms with van der Waals surface area (Å²) in [5.41, 5.74) is 3.93. The molecular weight excluding hydrogens is 447 g/mol. The summed E-state index contributed by atoms with van der Waals surface area (Å²) in [6.07, 6.45) is 8.05. The maximum Gasteiger partial charge on any atom is 0.170 e. The Labute approximate surface area is 203 Å². The Hall–Kier alpha value is -3.67. The van der Waals surface area contributed by atoms with Crippen molar-refractivity contribution < 1.29 is 18.7 Å². The number of aromatic nitrogens is 2. The van der Waals surface area contributed by atoms with Crippen molar-refractivity contribution in [2.45, 2.75) is 19.4 Å². The van der Waals surface area contributed by atoms with Gasteiger partial charge in [0.2, 0.25) is 0 Å². The molecule has 0 N–H and O–H groups in total. The molecule has 2 aliphatic rings. The number of ether oxygens (including phenoxy) is 3. The Morgan fingerprint density at radius 2 is 2.06 bits per heavy atom.